The summed E-state index contributed by atoms with van der Waals surface area (Å²) in [4.78, 5) is 15.2. The minimum atomic E-state index is -0.294. The molecular formula is C25H29N3O2. The number of amides is 1. The molecule has 0 saturated carbocycles. The van der Waals surface area contributed by atoms with Crippen molar-refractivity contribution in [3.63, 3.8) is 0 Å². The monoisotopic (exact) mass is 403 g/mol. The maximum absolute atomic E-state index is 12.7. The van der Waals surface area contributed by atoms with Gasteiger partial charge < -0.3 is 15.0 Å². The van der Waals surface area contributed by atoms with Gasteiger partial charge in [0.15, 0.2) is 0 Å². The molecule has 30 heavy (non-hydrogen) atoms. The van der Waals surface area contributed by atoms with E-state index in [9.17, 15) is 10.1 Å². The summed E-state index contributed by atoms with van der Waals surface area (Å²) in [5.74, 6) is 0.528. The van der Waals surface area contributed by atoms with E-state index in [4.69, 9.17) is 4.74 Å². The number of carbonyl (C=O) groups excluding carboxylic acids is 1. The lowest BCUT2D eigenvalue weighted by Gasteiger charge is -2.26. The van der Waals surface area contributed by atoms with Crippen LogP contribution in [-0.2, 0) is 11.2 Å². The third-order valence-corrected chi connectivity index (χ3v) is 6.41. The van der Waals surface area contributed by atoms with Gasteiger partial charge in [-0.1, -0.05) is 12.1 Å². The second kappa shape index (κ2) is 8.89. The number of hydrogen-bond acceptors (Lipinski definition) is 4. The molecule has 1 unspecified atom stereocenters. The maximum atomic E-state index is 12.7. The van der Waals surface area contributed by atoms with Crippen LogP contribution in [0.4, 0.5) is 5.69 Å². The molecule has 2 aromatic rings. The van der Waals surface area contributed by atoms with E-state index in [0.717, 1.165) is 41.1 Å². The molecule has 0 aliphatic carbocycles. The van der Waals surface area contributed by atoms with Crippen molar-refractivity contribution >= 4 is 11.6 Å². The van der Waals surface area contributed by atoms with Crippen molar-refractivity contribution in [2.75, 3.05) is 25.0 Å². The van der Waals surface area contributed by atoms with Crippen molar-refractivity contribution in [1.82, 2.24) is 4.90 Å². The standard InChI is InChI=1S/C25H29N3O2/c1-17-6-7-19(13-21(17)16-26)23-15-20-14-22(8-9-24(20)27-25(23)29)30-12-4-11-28-10-3-5-18(28)2/h6-9,13-14,18,23H,3-5,10-12,15H2,1-2H3,(H,27,29)/t18-,23?/m1/s1. The average Bonchev–Trinajstić information content (AvgIpc) is 3.16. The number of carbonyl (C=O) groups is 1. The van der Waals surface area contributed by atoms with E-state index in [0.29, 0.717) is 24.6 Å². The Bertz CT molecular complexity index is 979. The highest BCUT2D eigenvalue weighted by molar-refractivity contribution is 5.99. The Morgan fingerprint density at radius 1 is 1.27 bits per heavy atom. The zero-order valence-corrected chi connectivity index (χ0v) is 17.8. The molecular weight excluding hydrogens is 374 g/mol. The molecule has 156 valence electrons. The van der Waals surface area contributed by atoms with E-state index in [1.807, 2.05) is 43.3 Å². The minimum Gasteiger partial charge on any atom is -0.494 e. The first-order valence-electron chi connectivity index (χ1n) is 10.9. The van der Waals surface area contributed by atoms with Crippen LogP contribution in [-0.4, -0.2) is 36.5 Å². The highest BCUT2D eigenvalue weighted by Gasteiger charge is 2.28. The Labute approximate surface area is 178 Å². The van der Waals surface area contributed by atoms with Crippen molar-refractivity contribution in [2.24, 2.45) is 0 Å². The fraction of sp³-hybridized carbons (Fsp3) is 0.440. The fourth-order valence-electron chi connectivity index (χ4n) is 4.51. The number of likely N-dealkylation sites (tertiary alicyclic amines) is 1. The molecule has 1 saturated heterocycles. The van der Waals surface area contributed by atoms with Gasteiger partial charge in [-0.15, -0.1) is 0 Å². The predicted octanol–water partition coefficient (Wildman–Crippen LogP) is 4.40. The number of nitriles is 1. The Balaban J connectivity index is 1.41. The van der Waals surface area contributed by atoms with Crippen molar-refractivity contribution in [3.05, 3.63) is 58.7 Å². The molecule has 2 aliphatic rings. The zero-order valence-electron chi connectivity index (χ0n) is 17.8. The van der Waals surface area contributed by atoms with Gasteiger partial charge in [0.1, 0.15) is 5.75 Å². The third-order valence-electron chi connectivity index (χ3n) is 6.41. The van der Waals surface area contributed by atoms with Crippen LogP contribution in [0.5, 0.6) is 5.75 Å². The molecule has 2 aromatic carbocycles. The largest absolute Gasteiger partial charge is 0.494 e. The summed E-state index contributed by atoms with van der Waals surface area (Å²) in [7, 11) is 0. The molecule has 4 rings (SSSR count). The summed E-state index contributed by atoms with van der Waals surface area (Å²) in [6.07, 6.45) is 4.23. The minimum absolute atomic E-state index is 0.0244. The Morgan fingerprint density at radius 3 is 2.90 bits per heavy atom. The predicted molar refractivity (Wildman–Crippen MR) is 118 cm³/mol. The second-order valence-corrected chi connectivity index (χ2v) is 8.48. The van der Waals surface area contributed by atoms with Gasteiger partial charge in [-0.2, -0.15) is 5.26 Å². The summed E-state index contributed by atoms with van der Waals surface area (Å²) in [6.45, 7) is 7.19. The third kappa shape index (κ3) is 4.34. The molecule has 5 nitrogen and oxygen atoms in total. The number of rotatable bonds is 6. The zero-order chi connectivity index (χ0) is 21.1. The summed E-state index contributed by atoms with van der Waals surface area (Å²) in [6, 6.07) is 14.5. The topological polar surface area (TPSA) is 65.4 Å². The average molecular weight is 404 g/mol. The Morgan fingerprint density at radius 2 is 2.13 bits per heavy atom. The molecule has 0 bridgehead atoms. The molecule has 2 atom stereocenters. The molecule has 1 N–H and O–H groups in total. The van der Waals surface area contributed by atoms with Crippen LogP contribution in [0.1, 0.15) is 54.4 Å². The number of benzene rings is 2. The van der Waals surface area contributed by atoms with Gasteiger partial charge >= 0.3 is 0 Å². The number of anilines is 1. The molecule has 0 aromatic heterocycles. The van der Waals surface area contributed by atoms with E-state index in [1.165, 1.54) is 19.4 Å². The van der Waals surface area contributed by atoms with Crippen molar-refractivity contribution in [1.29, 1.82) is 5.26 Å². The molecule has 1 fully saturated rings. The lowest BCUT2D eigenvalue weighted by atomic mass is 9.86. The van der Waals surface area contributed by atoms with Crippen molar-refractivity contribution < 1.29 is 9.53 Å². The highest BCUT2D eigenvalue weighted by Crippen LogP contribution is 2.34. The molecule has 1 amide bonds. The molecule has 5 heteroatoms. The quantitative estimate of drug-likeness (QED) is 0.726. The van der Waals surface area contributed by atoms with Crippen LogP contribution in [0.2, 0.25) is 0 Å². The van der Waals surface area contributed by atoms with Gasteiger partial charge in [-0.05, 0) is 87.0 Å². The van der Waals surface area contributed by atoms with Crippen LogP contribution in [0, 0.1) is 18.3 Å². The summed E-state index contributed by atoms with van der Waals surface area (Å²) >= 11 is 0. The number of ether oxygens (including phenoxy) is 1. The lowest BCUT2D eigenvalue weighted by molar-refractivity contribution is -0.117. The van der Waals surface area contributed by atoms with Crippen molar-refractivity contribution in [3.8, 4) is 11.8 Å². The fourth-order valence-corrected chi connectivity index (χ4v) is 4.51. The van der Waals surface area contributed by atoms with E-state index in [-0.39, 0.29) is 11.8 Å². The first-order valence-corrected chi connectivity index (χ1v) is 10.9. The molecule has 0 radical (unpaired) electrons. The summed E-state index contributed by atoms with van der Waals surface area (Å²) in [5, 5.41) is 12.3. The Hall–Kier alpha value is -2.84. The van der Waals surface area contributed by atoms with E-state index >= 15 is 0 Å². The van der Waals surface area contributed by atoms with E-state index < -0.39 is 0 Å². The number of aryl methyl sites for hydroxylation is 1. The van der Waals surface area contributed by atoms with Gasteiger partial charge in [-0.3, -0.25) is 4.79 Å². The number of fused-ring (bicyclic) bond motifs is 1. The van der Waals surface area contributed by atoms with Gasteiger partial charge in [0, 0.05) is 18.3 Å². The molecule has 2 aliphatic heterocycles. The van der Waals surface area contributed by atoms with Gasteiger partial charge in [0.05, 0.1) is 24.2 Å². The second-order valence-electron chi connectivity index (χ2n) is 8.48. The van der Waals surface area contributed by atoms with E-state index in [1.54, 1.807) is 0 Å². The van der Waals surface area contributed by atoms with Gasteiger partial charge in [-0.25, -0.2) is 0 Å². The number of nitrogens with zero attached hydrogens (tertiary/aromatic N) is 2. The Kier molecular flexibility index (Phi) is 6.06. The maximum Gasteiger partial charge on any atom is 0.232 e. The SMILES string of the molecule is Cc1ccc(C2Cc3cc(OCCCN4CCC[C@H]4C)ccc3NC2=O)cc1C#N. The summed E-state index contributed by atoms with van der Waals surface area (Å²) in [5.41, 5.74) is 4.35. The first kappa shape index (κ1) is 20.4. The van der Waals surface area contributed by atoms with Crippen LogP contribution in [0.15, 0.2) is 36.4 Å². The lowest BCUT2D eigenvalue weighted by Crippen LogP contribution is -2.29. The van der Waals surface area contributed by atoms with Gasteiger partial charge in [0.2, 0.25) is 5.91 Å². The van der Waals surface area contributed by atoms with Crippen LogP contribution in [0.3, 0.4) is 0 Å². The first-order chi connectivity index (χ1) is 14.5. The molecule has 2 heterocycles. The van der Waals surface area contributed by atoms with E-state index in [2.05, 4.69) is 23.2 Å². The number of hydrogen-bond donors (Lipinski definition) is 1. The highest BCUT2D eigenvalue weighted by atomic mass is 16.5. The number of nitrogens with one attached hydrogen (secondary N) is 1. The smallest absolute Gasteiger partial charge is 0.232 e. The molecule has 0 spiro atoms. The summed E-state index contributed by atoms with van der Waals surface area (Å²) < 4.78 is 6.00. The van der Waals surface area contributed by atoms with Crippen LogP contribution < -0.4 is 10.1 Å². The van der Waals surface area contributed by atoms with Crippen LogP contribution in [0.25, 0.3) is 0 Å². The van der Waals surface area contributed by atoms with Gasteiger partial charge in [0.25, 0.3) is 0 Å². The van der Waals surface area contributed by atoms with Crippen LogP contribution >= 0.6 is 0 Å². The normalized spacial score (nSPS) is 21.0. The van der Waals surface area contributed by atoms with Crippen molar-refractivity contribution in [2.45, 2.75) is 51.5 Å².